The number of alkyl halides is 2. The molecule has 0 aliphatic heterocycles. The first-order valence-corrected chi connectivity index (χ1v) is 4.74. The van der Waals surface area contributed by atoms with Gasteiger partial charge in [-0.1, -0.05) is 53.5 Å². The van der Waals surface area contributed by atoms with E-state index in [0.717, 1.165) is 17.3 Å². The van der Waals surface area contributed by atoms with Crippen molar-refractivity contribution in [2.45, 2.75) is 3.67 Å². The minimum absolute atomic E-state index is 0.722. The average molecular weight is 218 g/mol. The second-order valence-electron chi connectivity index (χ2n) is 2.08. The molecular weight excluding hydrogens is 213 g/mol. The van der Waals surface area contributed by atoms with Gasteiger partial charge in [-0.05, 0) is 17.3 Å². The molecule has 0 heterocycles. The topological polar surface area (TPSA) is 23.8 Å². The maximum Gasteiger partial charge on any atom is 0.201 e. The standard InChI is InChI=1S/C8H5Cl2NS/c9-8(10,12-6-11)7-4-2-1-3-5-7/h1-5H. The zero-order valence-electron chi connectivity index (χ0n) is 6.00. The van der Waals surface area contributed by atoms with E-state index in [0.29, 0.717) is 0 Å². The van der Waals surface area contributed by atoms with Crippen LogP contribution in [0.5, 0.6) is 0 Å². The largest absolute Gasteiger partial charge is 0.201 e. The Kier molecular flexibility index (Phi) is 3.28. The van der Waals surface area contributed by atoms with Crippen LogP contribution in [0.1, 0.15) is 5.56 Å². The molecule has 0 saturated carbocycles. The van der Waals surface area contributed by atoms with Gasteiger partial charge in [0.05, 0.1) is 0 Å². The van der Waals surface area contributed by atoms with Crippen molar-refractivity contribution in [1.82, 2.24) is 0 Å². The Morgan fingerprint density at radius 2 is 1.83 bits per heavy atom. The van der Waals surface area contributed by atoms with E-state index in [2.05, 4.69) is 0 Å². The molecule has 0 aromatic heterocycles. The summed E-state index contributed by atoms with van der Waals surface area (Å²) in [5.41, 5.74) is 0.722. The van der Waals surface area contributed by atoms with Crippen LogP contribution in [0.15, 0.2) is 30.3 Å². The fourth-order valence-electron chi connectivity index (χ4n) is 0.748. The van der Waals surface area contributed by atoms with Gasteiger partial charge in [0.1, 0.15) is 5.40 Å². The van der Waals surface area contributed by atoms with Crippen molar-refractivity contribution in [3.05, 3.63) is 35.9 Å². The third-order valence-electron chi connectivity index (χ3n) is 1.28. The van der Waals surface area contributed by atoms with Crippen molar-refractivity contribution in [3.63, 3.8) is 0 Å². The summed E-state index contributed by atoms with van der Waals surface area (Å²) in [6, 6.07) is 9.08. The second kappa shape index (κ2) is 4.04. The van der Waals surface area contributed by atoms with E-state index in [1.807, 2.05) is 23.6 Å². The Morgan fingerprint density at radius 3 is 2.33 bits per heavy atom. The zero-order valence-corrected chi connectivity index (χ0v) is 8.33. The Bertz CT molecular complexity index is 292. The predicted molar refractivity (Wildman–Crippen MR) is 53.0 cm³/mol. The molecule has 0 amide bonds. The van der Waals surface area contributed by atoms with Crippen LogP contribution in [0, 0.1) is 10.7 Å². The molecule has 1 nitrogen and oxygen atoms in total. The molecule has 0 aliphatic carbocycles. The summed E-state index contributed by atoms with van der Waals surface area (Å²) >= 11 is 12.6. The molecule has 0 unspecified atom stereocenters. The van der Waals surface area contributed by atoms with Gasteiger partial charge in [0.15, 0.2) is 0 Å². The van der Waals surface area contributed by atoms with Crippen molar-refractivity contribution in [3.8, 4) is 5.40 Å². The van der Waals surface area contributed by atoms with E-state index >= 15 is 0 Å². The van der Waals surface area contributed by atoms with Crippen LogP contribution < -0.4 is 0 Å². The van der Waals surface area contributed by atoms with Gasteiger partial charge >= 0.3 is 0 Å². The van der Waals surface area contributed by atoms with Gasteiger partial charge in [-0.25, -0.2) is 0 Å². The lowest BCUT2D eigenvalue weighted by Crippen LogP contribution is -2.02. The Labute approximate surface area is 85.3 Å². The summed E-state index contributed by atoms with van der Waals surface area (Å²) in [4.78, 5) is 0. The van der Waals surface area contributed by atoms with Crippen molar-refractivity contribution in [2.75, 3.05) is 0 Å². The third kappa shape index (κ3) is 2.31. The van der Waals surface area contributed by atoms with Crippen LogP contribution >= 0.6 is 35.0 Å². The quantitative estimate of drug-likeness (QED) is 0.560. The maximum absolute atomic E-state index is 8.41. The first kappa shape index (κ1) is 9.73. The average Bonchev–Trinajstić information content (AvgIpc) is 2.06. The molecule has 0 radical (unpaired) electrons. The normalized spacial score (nSPS) is 10.8. The lowest BCUT2D eigenvalue weighted by molar-refractivity contribution is 1.27. The number of hydrogen-bond acceptors (Lipinski definition) is 2. The number of benzene rings is 1. The molecule has 12 heavy (non-hydrogen) atoms. The molecule has 0 bridgehead atoms. The molecule has 0 N–H and O–H groups in total. The second-order valence-corrected chi connectivity index (χ2v) is 4.85. The number of halogens is 2. The number of thiocyanates is 1. The number of nitriles is 1. The van der Waals surface area contributed by atoms with Crippen LogP contribution in [0.4, 0.5) is 0 Å². The summed E-state index contributed by atoms with van der Waals surface area (Å²) in [6.45, 7) is 0. The van der Waals surface area contributed by atoms with Gasteiger partial charge in [-0.3, -0.25) is 0 Å². The Balaban J connectivity index is 2.91. The van der Waals surface area contributed by atoms with E-state index in [1.165, 1.54) is 0 Å². The van der Waals surface area contributed by atoms with E-state index in [9.17, 15) is 0 Å². The van der Waals surface area contributed by atoms with Gasteiger partial charge in [0.2, 0.25) is 3.67 Å². The first-order chi connectivity index (χ1) is 5.67. The summed E-state index contributed by atoms with van der Waals surface area (Å²) in [6.07, 6.45) is 0. The van der Waals surface area contributed by atoms with Gasteiger partial charge in [-0.15, -0.1) is 0 Å². The molecule has 0 fully saturated rings. The number of nitrogens with zero attached hydrogens (tertiary/aromatic N) is 1. The van der Waals surface area contributed by atoms with Crippen LogP contribution in [0.25, 0.3) is 0 Å². The van der Waals surface area contributed by atoms with E-state index in [1.54, 1.807) is 12.1 Å². The number of thioether (sulfide) groups is 1. The van der Waals surface area contributed by atoms with E-state index in [-0.39, 0.29) is 0 Å². The van der Waals surface area contributed by atoms with Crippen molar-refractivity contribution < 1.29 is 0 Å². The number of hydrogen-bond donors (Lipinski definition) is 0. The summed E-state index contributed by atoms with van der Waals surface area (Å²) in [5.74, 6) is 0. The van der Waals surface area contributed by atoms with Gasteiger partial charge in [-0.2, -0.15) is 5.26 Å². The third-order valence-corrected chi connectivity index (χ3v) is 2.77. The molecule has 0 atom stereocenters. The van der Waals surface area contributed by atoms with E-state index in [4.69, 9.17) is 28.5 Å². The summed E-state index contributed by atoms with van der Waals surface area (Å²) in [7, 11) is 0. The van der Waals surface area contributed by atoms with Crippen LogP contribution in [-0.2, 0) is 3.67 Å². The lowest BCUT2D eigenvalue weighted by Gasteiger charge is -2.14. The molecule has 0 saturated heterocycles. The van der Waals surface area contributed by atoms with E-state index < -0.39 is 3.67 Å². The molecular formula is C8H5Cl2NS. The highest BCUT2D eigenvalue weighted by Gasteiger charge is 2.26. The lowest BCUT2D eigenvalue weighted by atomic mass is 10.2. The van der Waals surface area contributed by atoms with Gasteiger partial charge in [0, 0.05) is 0 Å². The highest BCUT2D eigenvalue weighted by Crippen LogP contribution is 2.43. The molecule has 4 heteroatoms. The summed E-state index contributed by atoms with van der Waals surface area (Å²) in [5, 5.41) is 10.3. The van der Waals surface area contributed by atoms with Crippen molar-refractivity contribution in [2.24, 2.45) is 0 Å². The minimum Gasteiger partial charge on any atom is -0.185 e. The van der Waals surface area contributed by atoms with Crippen LogP contribution in [0.2, 0.25) is 0 Å². The SMILES string of the molecule is N#CSC(Cl)(Cl)c1ccccc1. The monoisotopic (exact) mass is 217 g/mol. The van der Waals surface area contributed by atoms with Crippen LogP contribution in [-0.4, -0.2) is 0 Å². The van der Waals surface area contributed by atoms with Gasteiger partial charge < -0.3 is 0 Å². The minimum atomic E-state index is -1.16. The Hall–Kier alpha value is -0.360. The molecule has 1 aromatic carbocycles. The van der Waals surface area contributed by atoms with Crippen LogP contribution in [0.3, 0.4) is 0 Å². The Morgan fingerprint density at radius 1 is 1.25 bits per heavy atom. The fraction of sp³-hybridized carbons (Fsp3) is 0.125. The fourth-order valence-corrected chi connectivity index (χ4v) is 1.58. The highest BCUT2D eigenvalue weighted by molar-refractivity contribution is 8.06. The van der Waals surface area contributed by atoms with Crippen molar-refractivity contribution >= 4 is 35.0 Å². The summed E-state index contributed by atoms with van der Waals surface area (Å²) < 4.78 is -1.16. The molecule has 0 spiro atoms. The molecule has 1 rings (SSSR count). The zero-order chi connectivity index (χ0) is 9.03. The van der Waals surface area contributed by atoms with Gasteiger partial charge in [0.25, 0.3) is 0 Å². The highest BCUT2D eigenvalue weighted by atomic mass is 35.5. The number of rotatable bonds is 2. The molecule has 0 aliphatic rings. The maximum atomic E-state index is 8.41. The smallest absolute Gasteiger partial charge is 0.185 e. The first-order valence-electron chi connectivity index (χ1n) is 3.17. The molecule has 1 aromatic rings. The predicted octanol–water partition coefficient (Wildman–Crippen LogP) is 3.49. The molecule has 62 valence electrons. The van der Waals surface area contributed by atoms with Crippen molar-refractivity contribution in [1.29, 1.82) is 5.26 Å².